The molecular weight excluding hydrogens is 498 g/mol. The molecule has 0 aliphatic carbocycles. The molecule has 2 heterocycles. The first-order chi connectivity index (χ1) is 18.7. The Labute approximate surface area is 228 Å². The molecule has 1 atom stereocenters. The molecule has 1 unspecified atom stereocenters. The number of anilines is 2. The van der Waals surface area contributed by atoms with Gasteiger partial charge < -0.3 is 25.7 Å². The largest absolute Gasteiger partial charge is 0.473 e. The van der Waals surface area contributed by atoms with Crippen molar-refractivity contribution in [2.45, 2.75) is 52.1 Å². The van der Waals surface area contributed by atoms with Crippen molar-refractivity contribution in [3.8, 4) is 5.69 Å². The lowest BCUT2D eigenvalue weighted by Gasteiger charge is -2.33. The van der Waals surface area contributed by atoms with E-state index in [0.29, 0.717) is 5.69 Å². The first kappa shape index (κ1) is 29.7. The molecule has 0 radical (unpaired) electrons. The van der Waals surface area contributed by atoms with Crippen molar-refractivity contribution in [1.29, 1.82) is 0 Å². The molecule has 1 saturated heterocycles. The summed E-state index contributed by atoms with van der Waals surface area (Å²) >= 11 is 0. The van der Waals surface area contributed by atoms with Crippen molar-refractivity contribution in [2.24, 2.45) is 7.05 Å². The van der Waals surface area contributed by atoms with Crippen LogP contribution in [0.25, 0.3) is 5.69 Å². The molecule has 0 bridgehead atoms. The third-order valence-electron chi connectivity index (χ3n) is 7.03. The number of nitrogens with zero attached hydrogens (tertiary/aromatic N) is 3. The maximum Gasteiger partial charge on any atom is 0.414 e. The van der Waals surface area contributed by atoms with Gasteiger partial charge >= 0.3 is 11.9 Å². The van der Waals surface area contributed by atoms with E-state index in [4.69, 9.17) is 19.8 Å². The number of nitrogens with one attached hydrogen (secondary N) is 2. The van der Waals surface area contributed by atoms with Crippen LogP contribution in [0.15, 0.2) is 59.4 Å². The minimum absolute atomic E-state index is 0.0463. The Morgan fingerprint density at radius 3 is 2.28 bits per heavy atom. The molecule has 1 fully saturated rings. The molecule has 2 aromatic carbocycles. The number of aliphatic carboxylic acids is 2. The molecule has 0 saturated carbocycles. The van der Waals surface area contributed by atoms with Gasteiger partial charge in [-0.25, -0.2) is 14.3 Å². The molecular formula is C29H39N5O5. The van der Waals surface area contributed by atoms with Gasteiger partial charge in [0.1, 0.15) is 5.69 Å². The van der Waals surface area contributed by atoms with E-state index < -0.39 is 11.9 Å². The summed E-state index contributed by atoms with van der Waals surface area (Å²) in [5, 5.41) is 21.7. The lowest BCUT2D eigenvalue weighted by atomic mass is 10.0. The first-order valence-corrected chi connectivity index (χ1v) is 13.3. The van der Waals surface area contributed by atoms with Crippen molar-refractivity contribution < 1.29 is 19.8 Å². The number of hydrogen-bond donors (Lipinski definition) is 4. The van der Waals surface area contributed by atoms with Crippen LogP contribution in [-0.4, -0.2) is 62.1 Å². The Balaban J connectivity index is 0.000000631. The van der Waals surface area contributed by atoms with Gasteiger partial charge in [-0.2, -0.15) is 0 Å². The minimum atomic E-state index is -1.82. The van der Waals surface area contributed by atoms with Crippen LogP contribution in [-0.2, 0) is 23.2 Å². The topological polar surface area (TPSA) is 129 Å². The molecule has 0 amide bonds. The summed E-state index contributed by atoms with van der Waals surface area (Å²) in [5.74, 6) is -3.65. The molecule has 39 heavy (non-hydrogen) atoms. The van der Waals surface area contributed by atoms with Crippen LogP contribution in [0.4, 0.5) is 11.4 Å². The average Bonchev–Trinajstić information content (AvgIpc) is 3.14. The second kappa shape index (κ2) is 14.3. The number of aromatic nitrogens is 2. The molecule has 1 aliphatic rings. The van der Waals surface area contributed by atoms with Crippen molar-refractivity contribution >= 4 is 23.3 Å². The average molecular weight is 538 g/mol. The van der Waals surface area contributed by atoms with E-state index >= 15 is 0 Å². The second-order valence-electron chi connectivity index (χ2n) is 9.78. The van der Waals surface area contributed by atoms with Gasteiger partial charge in [-0.05, 0) is 82.6 Å². The highest BCUT2D eigenvalue weighted by Gasteiger charge is 2.17. The summed E-state index contributed by atoms with van der Waals surface area (Å²) in [6.07, 6.45) is 5.26. The molecule has 10 nitrogen and oxygen atoms in total. The maximum atomic E-state index is 13.1. The van der Waals surface area contributed by atoms with E-state index in [1.54, 1.807) is 4.68 Å². The van der Waals surface area contributed by atoms with Crippen LogP contribution in [0.1, 0.15) is 43.9 Å². The Morgan fingerprint density at radius 2 is 1.67 bits per heavy atom. The highest BCUT2D eigenvalue weighted by molar-refractivity contribution is 6.27. The molecule has 1 aliphatic heterocycles. The fourth-order valence-corrected chi connectivity index (χ4v) is 4.69. The van der Waals surface area contributed by atoms with Gasteiger partial charge in [0.25, 0.3) is 5.56 Å². The van der Waals surface area contributed by atoms with Crippen molar-refractivity contribution in [3.05, 3.63) is 76.2 Å². The SMILES string of the molecule is Cc1c(Nc2ccc(CNCCCN3CCCCC3C)cc2)c(=O)n(-c2ccccc2)n1C.O=C(O)C(=O)O. The van der Waals surface area contributed by atoms with Crippen molar-refractivity contribution in [3.63, 3.8) is 0 Å². The normalized spacial score (nSPS) is 15.3. The van der Waals surface area contributed by atoms with E-state index in [1.807, 2.05) is 61.1 Å². The number of likely N-dealkylation sites (tertiary alicyclic amines) is 1. The number of para-hydroxylation sites is 1. The van der Waals surface area contributed by atoms with Crippen LogP contribution in [0.2, 0.25) is 0 Å². The quantitative estimate of drug-likeness (QED) is 0.240. The van der Waals surface area contributed by atoms with Crippen LogP contribution in [0, 0.1) is 6.92 Å². The standard InChI is InChI=1S/C27H37N5O.C2H2O4/c1-21-10-7-8-18-31(21)19-9-17-28-20-23-13-15-24(16-14-23)29-26-22(2)30(3)32(27(26)33)25-11-5-4-6-12-25;3-1(4)2(5)6/h4-6,11-16,21,28-29H,7-10,17-20H2,1-3H3;(H,3,4)(H,5,6). The lowest BCUT2D eigenvalue weighted by molar-refractivity contribution is -0.159. The highest BCUT2D eigenvalue weighted by atomic mass is 16.4. The van der Waals surface area contributed by atoms with E-state index in [-0.39, 0.29) is 5.56 Å². The summed E-state index contributed by atoms with van der Waals surface area (Å²) in [7, 11) is 1.91. The van der Waals surface area contributed by atoms with Crippen LogP contribution < -0.4 is 16.2 Å². The molecule has 3 aromatic rings. The monoisotopic (exact) mass is 537 g/mol. The van der Waals surface area contributed by atoms with Crippen LogP contribution in [0.3, 0.4) is 0 Å². The fraction of sp³-hybridized carbons (Fsp3) is 0.414. The zero-order valence-corrected chi connectivity index (χ0v) is 22.9. The van der Waals surface area contributed by atoms with Gasteiger partial charge in [-0.1, -0.05) is 36.8 Å². The predicted molar refractivity (Wildman–Crippen MR) is 152 cm³/mol. The molecule has 4 N–H and O–H groups in total. The van der Waals surface area contributed by atoms with Gasteiger partial charge in [-0.15, -0.1) is 0 Å². The highest BCUT2D eigenvalue weighted by Crippen LogP contribution is 2.20. The third kappa shape index (κ3) is 8.30. The Hall–Kier alpha value is -3.89. The molecule has 4 rings (SSSR count). The Kier molecular flexibility index (Phi) is 10.9. The zero-order valence-electron chi connectivity index (χ0n) is 22.9. The van der Waals surface area contributed by atoms with Gasteiger partial charge in [0.2, 0.25) is 0 Å². The minimum Gasteiger partial charge on any atom is -0.473 e. The van der Waals surface area contributed by atoms with E-state index in [0.717, 1.165) is 36.2 Å². The summed E-state index contributed by atoms with van der Waals surface area (Å²) in [6.45, 7) is 8.66. The lowest BCUT2D eigenvalue weighted by Crippen LogP contribution is -2.38. The van der Waals surface area contributed by atoms with E-state index in [2.05, 4.69) is 34.6 Å². The number of benzene rings is 2. The number of rotatable bonds is 9. The Bertz CT molecular complexity index is 1270. The van der Waals surface area contributed by atoms with Gasteiger partial charge in [0, 0.05) is 25.3 Å². The van der Waals surface area contributed by atoms with E-state index in [9.17, 15) is 4.79 Å². The third-order valence-corrected chi connectivity index (χ3v) is 7.03. The molecule has 0 spiro atoms. The number of piperidine rings is 1. The molecule has 1 aromatic heterocycles. The number of carboxylic acid groups (broad SMARTS) is 2. The molecule has 10 heteroatoms. The summed E-state index contributed by atoms with van der Waals surface area (Å²) in [4.78, 5) is 33.9. The summed E-state index contributed by atoms with van der Waals surface area (Å²) in [6, 6.07) is 18.8. The van der Waals surface area contributed by atoms with Crippen molar-refractivity contribution in [2.75, 3.05) is 25.0 Å². The zero-order chi connectivity index (χ0) is 28.4. The van der Waals surface area contributed by atoms with E-state index in [1.165, 1.54) is 44.3 Å². The maximum absolute atomic E-state index is 13.1. The van der Waals surface area contributed by atoms with Gasteiger partial charge in [0.15, 0.2) is 0 Å². The number of hydrogen-bond acceptors (Lipinski definition) is 6. The second-order valence-corrected chi connectivity index (χ2v) is 9.78. The first-order valence-electron chi connectivity index (χ1n) is 13.3. The number of carboxylic acids is 2. The summed E-state index contributed by atoms with van der Waals surface area (Å²) in [5.41, 5.74) is 4.49. The van der Waals surface area contributed by atoms with Gasteiger partial charge in [-0.3, -0.25) is 9.48 Å². The van der Waals surface area contributed by atoms with Crippen LogP contribution >= 0.6 is 0 Å². The van der Waals surface area contributed by atoms with Crippen molar-refractivity contribution in [1.82, 2.24) is 19.6 Å². The summed E-state index contributed by atoms with van der Waals surface area (Å²) < 4.78 is 3.59. The molecule has 210 valence electrons. The van der Waals surface area contributed by atoms with Crippen LogP contribution in [0.5, 0.6) is 0 Å². The number of carbonyl (C=O) groups is 2. The van der Waals surface area contributed by atoms with Gasteiger partial charge in [0.05, 0.1) is 11.4 Å². The fourth-order valence-electron chi connectivity index (χ4n) is 4.69. The predicted octanol–water partition coefficient (Wildman–Crippen LogP) is 3.74. The smallest absolute Gasteiger partial charge is 0.414 e. The Morgan fingerprint density at radius 1 is 1.00 bits per heavy atom.